The Morgan fingerprint density at radius 1 is 0.566 bits per heavy atom. The molecule has 0 saturated heterocycles. The van der Waals surface area contributed by atoms with Gasteiger partial charge in [-0.2, -0.15) is 5.26 Å². The van der Waals surface area contributed by atoms with E-state index in [4.69, 9.17) is 29.0 Å². The monoisotopic (exact) mass is 1110 g/mol. The van der Waals surface area contributed by atoms with Gasteiger partial charge in [-0.1, -0.05) is 85.4 Å². The second-order valence-electron chi connectivity index (χ2n) is 19.2. The number of aryl methyl sites for hydroxylation is 4. The molecule has 12 rings (SSSR count). The van der Waals surface area contributed by atoms with Gasteiger partial charge in [-0.05, 0) is 120 Å². The molecule has 0 amide bonds. The van der Waals surface area contributed by atoms with Crippen LogP contribution < -0.4 is 5.73 Å². The number of pyridine rings is 1. The lowest BCUT2D eigenvalue weighted by Gasteiger charge is -2.10. The van der Waals surface area contributed by atoms with Gasteiger partial charge in [0.05, 0.1) is 47.1 Å². The zero-order chi connectivity index (χ0) is 57.7. The molecule has 0 spiro atoms. The third-order valence-electron chi connectivity index (χ3n) is 12.8. The van der Waals surface area contributed by atoms with Crippen LogP contribution in [0, 0.1) is 32.1 Å². The Hall–Kier alpha value is -11.0. The number of nitrogens with zero attached hydrogens (tertiary/aromatic N) is 16. The maximum absolute atomic E-state index is 9.18. The smallest absolute Gasteiger partial charge is 0.268 e. The number of allylic oxidation sites excluding steroid dienone is 1. The Bertz CT molecular complexity index is 4210. The summed E-state index contributed by atoms with van der Waals surface area (Å²) in [5.41, 5.74) is 18.7. The molecule has 420 valence electrons. The summed E-state index contributed by atoms with van der Waals surface area (Å²) >= 11 is 0. The molecule has 0 atom stereocenters. The van der Waals surface area contributed by atoms with Gasteiger partial charge < -0.3 is 23.9 Å². The maximum atomic E-state index is 9.18. The normalized spacial score (nSPS) is 10.9. The van der Waals surface area contributed by atoms with Crippen molar-refractivity contribution < 1.29 is 20.4 Å². The van der Waals surface area contributed by atoms with Gasteiger partial charge >= 0.3 is 0 Å². The summed E-state index contributed by atoms with van der Waals surface area (Å²) < 4.78 is 19.2. The lowest BCUT2D eigenvalue weighted by atomic mass is 10.0. The minimum Gasteiger partial charge on any atom is -0.415 e. The van der Waals surface area contributed by atoms with Gasteiger partial charge in [0.1, 0.15) is 23.2 Å². The number of hydrogen-bond donors (Lipinski definition) is 1. The summed E-state index contributed by atoms with van der Waals surface area (Å²) in [6.07, 6.45) is 11.2. The van der Waals surface area contributed by atoms with Crippen molar-refractivity contribution >= 4 is 0 Å². The van der Waals surface area contributed by atoms with Crippen LogP contribution in [0.25, 0.3) is 97.4 Å². The van der Waals surface area contributed by atoms with Crippen LogP contribution in [0.4, 0.5) is 0 Å². The number of rotatable bonds is 15. The molecule has 0 aliphatic heterocycles. The van der Waals surface area contributed by atoms with Gasteiger partial charge in [-0.3, -0.25) is 24.5 Å². The highest BCUT2D eigenvalue weighted by Crippen LogP contribution is 2.31. The van der Waals surface area contributed by atoms with E-state index < -0.39 is 0 Å². The summed E-state index contributed by atoms with van der Waals surface area (Å²) in [5, 5.41) is 34.1. The molecule has 0 radical (unpaired) electrons. The molecule has 0 unspecified atom stereocenters. The van der Waals surface area contributed by atoms with E-state index in [0.717, 1.165) is 75.5 Å². The van der Waals surface area contributed by atoms with Crippen molar-refractivity contribution in [2.45, 2.75) is 40.0 Å². The van der Waals surface area contributed by atoms with Crippen LogP contribution in [0.2, 0.25) is 0 Å². The SMILES string of the molecule is C=C(N)Cc1ccccc1-c1cnc(C)c(-c2nnc(-c3ccccc3)o2)n1.Cc1ncc(-c2ccnc(CCCN(C)C)c2)nc1-c1nnc(-c2ccccc2)o1.Cc1ncc(-n2cccc2C#N)nc1-c1nnc(-c2ccccc2)o1.[HH].[HH].[HH].[HH].[HH]. The standard InChI is InChI=1S/C23H24N6O.C22H19N5O.C18H12N6O.5H2/c1-16-21(23-28-27-22(30-23)17-8-5-4-6-9-17)26-20(15-25-16)18-11-12-24-19(14-18)10-7-13-29(2)3;1-14(23)12-17-10-6-7-11-18(17)19-13-24-15(2)20(25-19)22-27-26-21(28-22)16-8-4-3-5-9-16;1-12-16(18-23-22-17(25-18)13-6-3-2-4-7-13)21-15(11-20-12)24-9-5-8-14(24)10-19;;;;;/h4-6,8-9,11-12,14-15H,7,10,13H2,1-3H3;3-11,13H,1,12,23H2,2H3;2-9,11H,1H3;5*1H. The first-order valence-electron chi connectivity index (χ1n) is 26.4. The first-order valence-corrected chi connectivity index (χ1v) is 26.4. The third kappa shape index (κ3) is 13.5. The van der Waals surface area contributed by atoms with E-state index in [1.165, 1.54) is 0 Å². The maximum Gasteiger partial charge on any atom is 0.268 e. The van der Waals surface area contributed by atoms with E-state index >= 15 is 0 Å². The van der Waals surface area contributed by atoms with Crippen molar-refractivity contribution in [3.8, 4) is 104 Å². The average Bonchev–Trinajstić information content (AvgIpc) is 2.14. The number of hydrogen-bond acceptors (Lipinski definition) is 19. The molecule has 8 heterocycles. The summed E-state index contributed by atoms with van der Waals surface area (Å²) in [6, 6.07) is 46.4. The summed E-state index contributed by atoms with van der Waals surface area (Å²) in [5.74, 6) is 2.83. The minimum atomic E-state index is 0. The molecule has 4 aromatic carbocycles. The molecule has 20 heteroatoms. The van der Waals surface area contributed by atoms with Crippen LogP contribution >= 0.6 is 0 Å². The van der Waals surface area contributed by atoms with Gasteiger partial charge in [0.2, 0.25) is 17.7 Å². The van der Waals surface area contributed by atoms with Gasteiger partial charge in [-0.25, -0.2) is 15.0 Å². The van der Waals surface area contributed by atoms with Crippen molar-refractivity contribution in [1.29, 1.82) is 5.26 Å². The van der Waals surface area contributed by atoms with Crippen molar-refractivity contribution in [2.24, 2.45) is 5.73 Å². The Morgan fingerprint density at radius 3 is 1.58 bits per heavy atom. The molecule has 8 aromatic heterocycles. The third-order valence-corrected chi connectivity index (χ3v) is 12.8. The fourth-order valence-electron chi connectivity index (χ4n) is 8.57. The van der Waals surface area contributed by atoms with Crippen molar-refractivity contribution in [3.63, 3.8) is 0 Å². The van der Waals surface area contributed by atoms with E-state index in [-0.39, 0.29) is 13.0 Å². The fraction of sp³-hybridized carbons (Fsp3) is 0.143. The number of benzene rings is 4. The second kappa shape index (κ2) is 25.8. The van der Waals surface area contributed by atoms with Crippen LogP contribution in [0.15, 0.2) is 196 Å². The highest BCUT2D eigenvalue weighted by Gasteiger charge is 2.20. The average molecular weight is 1110 g/mol. The zero-order valence-electron chi connectivity index (χ0n) is 46.2. The van der Waals surface area contributed by atoms with Crippen LogP contribution in [0.1, 0.15) is 47.6 Å². The largest absolute Gasteiger partial charge is 0.415 e. The van der Waals surface area contributed by atoms with Crippen LogP contribution in [-0.2, 0) is 12.8 Å². The zero-order valence-corrected chi connectivity index (χ0v) is 46.2. The van der Waals surface area contributed by atoms with E-state index in [2.05, 4.69) is 93.2 Å². The van der Waals surface area contributed by atoms with Crippen molar-refractivity contribution in [2.75, 3.05) is 20.6 Å². The molecule has 12 aromatic rings. The number of nitrogens with two attached hydrogens (primary N) is 1. The number of aromatic nitrogens is 14. The Labute approximate surface area is 485 Å². The fourth-order valence-corrected chi connectivity index (χ4v) is 8.57. The summed E-state index contributed by atoms with van der Waals surface area (Å²) in [4.78, 5) is 34.1. The predicted octanol–water partition coefficient (Wildman–Crippen LogP) is 12.6. The Kier molecular flexibility index (Phi) is 17.2. The first kappa shape index (κ1) is 55.3. The van der Waals surface area contributed by atoms with Gasteiger partial charge in [0.25, 0.3) is 17.7 Å². The number of nitriles is 1. The summed E-state index contributed by atoms with van der Waals surface area (Å²) in [6.45, 7) is 10.4. The molecule has 2 N–H and O–H groups in total. The first-order chi connectivity index (χ1) is 40.5. The van der Waals surface area contributed by atoms with Crippen molar-refractivity contribution in [1.82, 2.24) is 74.9 Å². The second-order valence-corrected chi connectivity index (χ2v) is 19.2. The predicted molar refractivity (Wildman–Crippen MR) is 324 cm³/mol. The quantitative estimate of drug-likeness (QED) is 0.0999. The van der Waals surface area contributed by atoms with E-state index in [9.17, 15) is 5.26 Å². The molecular formula is C63H65N17O3. The Balaban J connectivity index is 0.000000235. The van der Waals surface area contributed by atoms with Gasteiger partial charge in [0.15, 0.2) is 11.5 Å². The lowest BCUT2D eigenvalue weighted by Crippen LogP contribution is -2.13. The molecule has 20 nitrogen and oxygen atoms in total. The van der Waals surface area contributed by atoms with Crippen molar-refractivity contribution in [3.05, 3.63) is 217 Å². The Morgan fingerprint density at radius 2 is 1.05 bits per heavy atom. The molecular weight excluding hydrogens is 1040 g/mol. The lowest BCUT2D eigenvalue weighted by molar-refractivity contribution is 0.399. The molecule has 0 aliphatic carbocycles. The molecule has 0 saturated carbocycles. The van der Waals surface area contributed by atoms with Crippen LogP contribution in [0.3, 0.4) is 0 Å². The molecule has 0 aliphatic rings. The highest BCUT2D eigenvalue weighted by molar-refractivity contribution is 5.68. The highest BCUT2D eigenvalue weighted by atomic mass is 16.4. The topological polar surface area (TPSA) is 265 Å². The summed E-state index contributed by atoms with van der Waals surface area (Å²) in [7, 11) is 4.15. The van der Waals surface area contributed by atoms with E-state index in [1.807, 2.05) is 148 Å². The van der Waals surface area contributed by atoms with E-state index in [1.54, 1.807) is 41.5 Å². The molecule has 0 bridgehead atoms. The minimum absolute atomic E-state index is 0. The van der Waals surface area contributed by atoms with E-state index in [0.29, 0.717) is 81.6 Å². The van der Waals surface area contributed by atoms with Gasteiger partial charge in [0, 0.05) is 65.2 Å². The molecule has 83 heavy (non-hydrogen) atoms. The van der Waals surface area contributed by atoms with Crippen LogP contribution in [0.5, 0.6) is 0 Å². The van der Waals surface area contributed by atoms with Crippen LogP contribution in [-0.4, -0.2) is 95.6 Å². The molecule has 0 fully saturated rings. The van der Waals surface area contributed by atoms with Gasteiger partial charge in [-0.15, -0.1) is 30.6 Å².